The quantitative estimate of drug-likeness (QED) is 0.860. The SMILES string of the molecule is Cc1ccc(CNC(C)c2cc(Br)cs2)s1. The molecule has 1 unspecified atom stereocenters. The molecule has 2 rings (SSSR count). The molecule has 16 heavy (non-hydrogen) atoms. The fourth-order valence-corrected chi connectivity index (χ4v) is 3.81. The van der Waals surface area contributed by atoms with Crippen LogP contribution in [0.1, 0.15) is 27.6 Å². The number of hydrogen-bond donors (Lipinski definition) is 1. The van der Waals surface area contributed by atoms with Gasteiger partial charge in [0.05, 0.1) is 0 Å². The van der Waals surface area contributed by atoms with Crippen molar-refractivity contribution in [1.82, 2.24) is 5.32 Å². The van der Waals surface area contributed by atoms with Crippen LogP contribution in [-0.4, -0.2) is 0 Å². The Morgan fingerprint density at radius 2 is 2.25 bits per heavy atom. The maximum Gasteiger partial charge on any atom is 0.0389 e. The van der Waals surface area contributed by atoms with Crippen LogP contribution in [0.15, 0.2) is 28.1 Å². The Morgan fingerprint density at radius 1 is 1.44 bits per heavy atom. The van der Waals surface area contributed by atoms with E-state index in [0.717, 1.165) is 6.54 Å². The first-order valence-corrected chi connectivity index (χ1v) is 7.66. The van der Waals surface area contributed by atoms with E-state index in [1.807, 2.05) is 11.3 Å². The van der Waals surface area contributed by atoms with E-state index in [1.165, 1.54) is 19.1 Å². The monoisotopic (exact) mass is 315 g/mol. The maximum atomic E-state index is 3.54. The van der Waals surface area contributed by atoms with Crippen molar-refractivity contribution in [3.8, 4) is 0 Å². The highest BCUT2D eigenvalue weighted by molar-refractivity contribution is 9.10. The number of thiophene rings is 2. The molecular formula is C12H14BrNS2. The van der Waals surface area contributed by atoms with E-state index in [4.69, 9.17) is 0 Å². The molecule has 0 bridgehead atoms. The van der Waals surface area contributed by atoms with E-state index >= 15 is 0 Å². The van der Waals surface area contributed by atoms with Gasteiger partial charge in [0, 0.05) is 37.1 Å². The van der Waals surface area contributed by atoms with Gasteiger partial charge in [-0.05, 0) is 48.0 Å². The van der Waals surface area contributed by atoms with Crippen LogP contribution in [0.4, 0.5) is 0 Å². The van der Waals surface area contributed by atoms with Gasteiger partial charge in [-0.3, -0.25) is 0 Å². The minimum absolute atomic E-state index is 0.415. The van der Waals surface area contributed by atoms with Crippen molar-refractivity contribution in [2.24, 2.45) is 0 Å². The van der Waals surface area contributed by atoms with E-state index < -0.39 is 0 Å². The van der Waals surface area contributed by atoms with Crippen LogP contribution in [0.5, 0.6) is 0 Å². The molecule has 0 amide bonds. The molecule has 86 valence electrons. The highest BCUT2D eigenvalue weighted by atomic mass is 79.9. The van der Waals surface area contributed by atoms with Gasteiger partial charge in [-0.1, -0.05) is 0 Å². The predicted octanol–water partition coefficient (Wildman–Crippen LogP) is 4.73. The first-order valence-electron chi connectivity index (χ1n) is 5.18. The smallest absolute Gasteiger partial charge is 0.0389 e. The third kappa shape index (κ3) is 3.17. The molecule has 1 N–H and O–H groups in total. The second-order valence-electron chi connectivity index (χ2n) is 3.78. The van der Waals surface area contributed by atoms with Gasteiger partial charge < -0.3 is 5.32 Å². The van der Waals surface area contributed by atoms with Crippen molar-refractivity contribution in [3.05, 3.63) is 42.7 Å². The van der Waals surface area contributed by atoms with Crippen LogP contribution in [0.2, 0.25) is 0 Å². The van der Waals surface area contributed by atoms with E-state index in [9.17, 15) is 0 Å². The van der Waals surface area contributed by atoms with E-state index in [1.54, 1.807) is 11.3 Å². The zero-order valence-electron chi connectivity index (χ0n) is 9.29. The van der Waals surface area contributed by atoms with Crippen molar-refractivity contribution in [2.75, 3.05) is 0 Å². The third-order valence-electron chi connectivity index (χ3n) is 2.39. The minimum Gasteiger partial charge on any atom is -0.305 e. The molecule has 2 aromatic rings. The van der Waals surface area contributed by atoms with Crippen molar-refractivity contribution < 1.29 is 0 Å². The number of aryl methyl sites for hydroxylation is 1. The summed E-state index contributed by atoms with van der Waals surface area (Å²) in [5.74, 6) is 0. The van der Waals surface area contributed by atoms with Crippen LogP contribution in [-0.2, 0) is 6.54 Å². The molecule has 2 aromatic heterocycles. The molecule has 1 atom stereocenters. The van der Waals surface area contributed by atoms with Crippen molar-refractivity contribution >= 4 is 38.6 Å². The second kappa shape index (κ2) is 5.45. The molecule has 0 aliphatic rings. The number of nitrogens with one attached hydrogen (secondary N) is 1. The summed E-state index contributed by atoms with van der Waals surface area (Å²) >= 11 is 7.14. The highest BCUT2D eigenvalue weighted by Crippen LogP contribution is 2.26. The Labute approximate surface area is 113 Å². The number of rotatable bonds is 4. The average molecular weight is 316 g/mol. The highest BCUT2D eigenvalue weighted by Gasteiger charge is 2.07. The zero-order valence-corrected chi connectivity index (χ0v) is 12.5. The van der Waals surface area contributed by atoms with Gasteiger partial charge in [-0.25, -0.2) is 0 Å². The molecule has 0 spiro atoms. The van der Waals surface area contributed by atoms with E-state index in [-0.39, 0.29) is 0 Å². The molecule has 1 nitrogen and oxygen atoms in total. The lowest BCUT2D eigenvalue weighted by Gasteiger charge is -2.10. The van der Waals surface area contributed by atoms with Gasteiger partial charge in [-0.2, -0.15) is 0 Å². The van der Waals surface area contributed by atoms with Crippen molar-refractivity contribution in [3.63, 3.8) is 0 Å². The van der Waals surface area contributed by atoms with Gasteiger partial charge in [0.25, 0.3) is 0 Å². The van der Waals surface area contributed by atoms with Gasteiger partial charge in [0.2, 0.25) is 0 Å². The largest absolute Gasteiger partial charge is 0.305 e. The second-order valence-corrected chi connectivity index (χ2v) is 7.01. The van der Waals surface area contributed by atoms with Crippen LogP contribution in [0.3, 0.4) is 0 Å². The van der Waals surface area contributed by atoms with E-state index in [0.29, 0.717) is 6.04 Å². The standard InChI is InChI=1S/C12H14BrNS2/c1-8-3-4-11(16-8)6-14-9(2)12-5-10(13)7-15-12/h3-5,7,9,14H,6H2,1-2H3. The summed E-state index contributed by atoms with van der Waals surface area (Å²) in [5, 5.41) is 5.67. The van der Waals surface area contributed by atoms with Crippen molar-refractivity contribution in [1.29, 1.82) is 0 Å². The van der Waals surface area contributed by atoms with E-state index in [2.05, 4.69) is 58.7 Å². The van der Waals surface area contributed by atoms with Gasteiger partial charge >= 0.3 is 0 Å². The first kappa shape index (κ1) is 12.3. The van der Waals surface area contributed by atoms with Gasteiger partial charge in [0.15, 0.2) is 0 Å². The summed E-state index contributed by atoms with van der Waals surface area (Å²) < 4.78 is 1.17. The number of halogens is 1. The van der Waals surface area contributed by atoms with Crippen LogP contribution >= 0.6 is 38.6 Å². The average Bonchev–Trinajstić information content (AvgIpc) is 2.84. The van der Waals surface area contributed by atoms with Crippen molar-refractivity contribution in [2.45, 2.75) is 26.4 Å². The summed E-state index contributed by atoms with van der Waals surface area (Å²) in [6.45, 7) is 5.31. The van der Waals surface area contributed by atoms with Crippen LogP contribution < -0.4 is 5.32 Å². The molecular weight excluding hydrogens is 302 g/mol. The zero-order chi connectivity index (χ0) is 11.5. The number of hydrogen-bond acceptors (Lipinski definition) is 3. The lowest BCUT2D eigenvalue weighted by atomic mass is 10.2. The lowest BCUT2D eigenvalue weighted by molar-refractivity contribution is 0.587. The third-order valence-corrected chi connectivity index (χ3v) is 5.27. The van der Waals surface area contributed by atoms with Crippen LogP contribution in [0, 0.1) is 6.92 Å². The summed E-state index contributed by atoms with van der Waals surface area (Å²) in [6.07, 6.45) is 0. The molecule has 0 saturated heterocycles. The minimum atomic E-state index is 0.415. The fourth-order valence-electron chi connectivity index (χ4n) is 1.49. The normalized spacial score (nSPS) is 12.9. The molecule has 0 radical (unpaired) electrons. The molecule has 0 fully saturated rings. The summed E-state index contributed by atoms with van der Waals surface area (Å²) in [7, 11) is 0. The summed E-state index contributed by atoms with van der Waals surface area (Å²) in [6, 6.07) is 6.97. The van der Waals surface area contributed by atoms with Gasteiger partial charge in [-0.15, -0.1) is 22.7 Å². The molecule has 0 saturated carbocycles. The lowest BCUT2D eigenvalue weighted by Crippen LogP contribution is -2.16. The molecule has 0 aromatic carbocycles. The Kier molecular flexibility index (Phi) is 4.19. The fraction of sp³-hybridized carbons (Fsp3) is 0.333. The molecule has 0 aliphatic carbocycles. The Balaban J connectivity index is 1.91. The Bertz CT molecular complexity index is 461. The first-order chi connectivity index (χ1) is 7.65. The molecule has 0 aliphatic heterocycles. The predicted molar refractivity (Wildman–Crippen MR) is 76.3 cm³/mol. The summed E-state index contributed by atoms with van der Waals surface area (Å²) in [5.41, 5.74) is 0. The van der Waals surface area contributed by atoms with Crippen LogP contribution in [0.25, 0.3) is 0 Å². The topological polar surface area (TPSA) is 12.0 Å². The Morgan fingerprint density at radius 3 is 2.81 bits per heavy atom. The molecule has 2 heterocycles. The molecule has 4 heteroatoms. The maximum absolute atomic E-state index is 3.54. The Hall–Kier alpha value is -0.160. The summed E-state index contributed by atoms with van der Waals surface area (Å²) in [4.78, 5) is 4.16. The van der Waals surface area contributed by atoms with Gasteiger partial charge in [0.1, 0.15) is 0 Å².